The fraction of sp³-hybridized carbons (Fsp3) is 0.276. The van der Waals surface area contributed by atoms with E-state index in [0.29, 0.717) is 36.8 Å². The summed E-state index contributed by atoms with van der Waals surface area (Å²) < 4.78 is 90.8. The zero-order valence-electron chi connectivity index (χ0n) is 23.0. The molecule has 1 aliphatic heterocycles. The maximum Gasteiger partial charge on any atom is 0.237 e. The van der Waals surface area contributed by atoms with Gasteiger partial charge in [0.1, 0.15) is 5.69 Å². The molecular formula is C29H28F4N6O3S. The first-order valence-corrected chi connectivity index (χ1v) is 14.9. The second kappa shape index (κ2) is 12.5. The summed E-state index contributed by atoms with van der Waals surface area (Å²) in [6, 6.07) is 13.0. The number of anilines is 2. The molecule has 5 rings (SSSR count). The minimum atomic E-state index is -4.28. The average Bonchev–Trinajstić information content (AvgIpc) is 2.99. The number of alkyl halides is 1. The normalized spacial score (nSPS) is 18.7. The van der Waals surface area contributed by atoms with Gasteiger partial charge in [-0.1, -0.05) is 37.3 Å². The highest BCUT2D eigenvalue weighted by molar-refractivity contribution is 7.91. The van der Waals surface area contributed by atoms with Crippen LogP contribution in [-0.2, 0) is 15.8 Å². The van der Waals surface area contributed by atoms with Gasteiger partial charge in [0, 0.05) is 43.0 Å². The summed E-state index contributed by atoms with van der Waals surface area (Å²) in [6.07, 6.45) is 3.36. The van der Waals surface area contributed by atoms with Gasteiger partial charge in [0.05, 0.1) is 23.7 Å². The van der Waals surface area contributed by atoms with Crippen LogP contribution in [0.3, 0.4) is 0 Å². The van der Waals surface area contributed by atoms with Crippen LogP contribution in [-0.4, -0.2) is 49.2 Å². The zero-order chi connectivity index (χ0) is 30.6. The number of rotatable bonds is 10. The van der Waals surface area contributed by atoms with Crippen LogP contribution >= 0.6 is 0 Å². The van der Waals surface area contributed by atoms with Crippen LogP contribution in [0, 0.1) is 22.9 Å². The van der Waals surface area contributed by atoms with Gasteiger partial charge in [0.2, 0.25) is 27.7 Å². The third-order valence-corrected chi connectivity index (χ3v) is 8.06. The maximum absolute atomic E-state index is 15.1. The van der Waals surface area contributed by atoms with Crippen molar-refractivity contribution in [1.82, 2.24) is 20.3 Å². The van der Waals surface area contributed by atoms with E-state index in [-0.39, 0.29) is 23.4 Å². The topological polar surface area (TPSA) is 118 Å². The third-order valence-electron chi connectivity index (χ3n) is 6.83. The highest BCUT2D eigenvalue weighted by Gasteiger charge is 2.32. The second-order valence-corrected chi connectivity index (χ2v) is 12.3. The molecule has 2 aromatic heterocycles. The van der Waals surface area contributed by atoms with Crippen LogP contribution in [0.25, 0.3) is 11.3 Å². The first-order valence-electron chi connectivity index (χ1n) is 13.3. The maximum atomic E-state index is 15.1. The molecule has 1 aliphatic rings. The fourth-order valence-corrected chi connectivity index (χ4v) is 5.95. The second-order valence-electron chi connectivity index (χ2n) is 10.6. The standard InChI is InChI=1S/C29H28F4N6O3S/c1-29(16-30)13-19(14-34-17-29)37-28-36-11-9-22(38-28)20-8-5-10-35-27(20)42-23-12-21(31)26(25(33)24(23)32)39-43(40,41)15-18-6-3-2-4-7-18/h2-12,19,34,39H,13-17H2,1H3,(H,36,37,38)/t19-,29?/m0/s1. The summed E-state index contributed by atoms with van der Waals surface area (Å²) in [4.78, 5) is 12.8. The monoisotopic (exact) mass is 616 g/mol. The van der Waals surface area contributed by atoms with E-state index in [4.69, 9.17) is 4.74 Å². The molecule has 1 saturated heterocycles. The average molecular weight is 617 g/mol. The molecular weight excluding hydrogens is 588 g/mol. The molecule has 9 nitrogen and oxygen atoms in total. The van der Waals surface area contributed by atoms with E-state index < -0.39 is 56.8 Å². The summed E-state index contributed by atoms with van der Waals surface area (Å²) in [7, 11) is -4.28. The van der Waals surface area contributed by atoms with Crippen LogP contribution < -0.4 is 20.1 Å². The van der Waals surface area contributed by atoms with E-state index in [1.54, 1.807) is 41.1 Å². The molecule has 2 aromatic carbocycles. The number of piperidine rings is 1. The number of sulfonamides is 1. The lowest BCUT2D eigenvalue weighted by Gasteiger charge is -2.37. The number of hydrogen-bond acceptors (Lipinski definition) is 8. The molecule has 0 saturated carbocycles. The van der Waals surface area contributed by atoms with Crippen molar-refractivity contribution in [3.05, 3.63) is 90.0 Å². The Morgan fingerprint density at radius 1 is 1.05 bits per heavy atom. The predicted molar refractivity (Wildman–Crippen MR) is 153 cm³/mol. The molecule has 2 atom stereocenters. The van der Waals surface area contributed by atoms with Gasteiger partial charge in [-0.25, -0.2) is 32.2 Å². The largest absolute Gasteiger partial charge is 0.435 e. The molecule has 226 valence electrons. The van der Waals surface area contributed by atoms with Crippen molar-refractivity contribution < 1.29 is 30.7 Å². The molecule has 4 aromatic rings. The predicted octanol–water partition coefficient (Wildman–Crippen LogP) is 5.44. The number of benzene rings is 2. The van der Waals surface area contributed by atoms with Crippen molar-refractivity contribution in [3.63, 3.8) is 0 Å². The van der Waals surface area contributed by atoms with Gasteiger partial charge in [-0.15, -0.1) is 0 Å². The van der Waals surface area contributed by atoms with E-state index >= 15 is 4.39 Å². The molecule has 1 unspecified atom stereocenters. The Kier molecular flexibility index (Phi) is 8.78. The smallest absolute Gasteiger partial charge is 0.237 e. The molecule has 3 N–H and O–H groups in total. The third kappa shape index (κ3) is 7.20. The van der Waals surface area contributed by atoms with Crippen molar-refractivity contribution in [2.75, 3.05) is 29.8 Å². The molecule has 0 bridgehead atoms. The summed E-state index contributed by atoms with van der Waals surface area (Å²) in [5.74, 6) is -6.19. The van der Waals surface area contributed by atoms with E-state index in [1.165, 1.54) is 24.5 Å². The van der Waals surface area contributed by atoms with Crippen LogP contribution in [0.4, 0.5) is 29.2 Å². The van der Waals surface area contributed by atoms with Gasteiger partial charge in [-0.3, -0.25) is 9.11 Å². The minimum Gasteiger partial charge on any atom is -0.435 e. The number of nitrogens with one attached hydrogen (secondary N) is 3. The zero-order valence-corrected chi connectivity index (χ0v) is 23.8. The molecule has 0 spiro atoms. The van der Waals surface area contributed by atoms with Gasteiger partial charge < -0.3 is 15.4 Å². The molecule has 1 fully saturated rings. The fourth-order valence-electron chi connectivity index (χ4n) is 4.75. The Morgan fingerprint density at radius 2 is 1.84 bits per heavy atom. The van der Waals surface area contributed by atoms with Gasteiger partial charge in [-0.2, -0.15) is 4.39 Å². The highest BCUT2D eigenvalue weighted by Crippen LogP contribution is 2.36. The molecule has 14 heteroatoms. The van der Waals surface area contributed by atoms with Gasteiger partial charge >= 0.3 is 0 Å². The molecule has 0 aliphatic carbocycles. The van der Waals surface area contributed by atoms with Crippen LogP contribution in [0.2, 0.25) is 0 Å². The molecule has 0 amide bonds. The number of pyridine rings is 1. The lowest BCUT2D eigenvalue weighted by atomic mass is 9.82. The van der Waals surface area contributed by atoms with E-state index in [0.717, 1.165) is 0 Å². The Bertz CT molecular complexity index is 1710. The van der Waals surface area contributed by atoms with Gasteiger partial charge in [0.25, 0.3) is 0 Å². The number of hydrogen-bond donors (Lipinski definition) is 3. The summed E-state index contributed by atoms with van der Waals surface area (Å²) in [5.41, 5.74) is -0.755. The summed E-state index contributed by atoms with van der Waals surface area (Å²) in [5, 5.41) is 6.38. The molecule has 0 radical (unpaired) electrons. The van der Waals surface area contributed by atoms with Crippen molar-refractivity contribution in [2.45, 2.75) is 25.1 Å². The summed E-state index contributed by atoms with van der Waals surface area (Å²) in [6.45, 7) is 2.51. The van der Waals surface area contributed by atoms with Crippen molar-refractivity contribution in [1.29, 1.82) is 0 Å². The Hall–Kier alpha value is -4.30. The molecule has 43 heavy (non-hydrogen) atoms. The Morgan fingerprint density at radius 3 is 2.60 bits per heavy atom. The van der Waals surface area contributed by atoms with Crippen molar-refractivity contribution in [3.8, 4) is 22.9 Å². The highest BCUT2D eigenvalue weighted by atomic mass is 32.2. The van der Waals surface area contributed by atoms with E-state index in [1.807, 2.05) is 6.92 Å². The number of ether oxygens (including phenoxy) is 1. The SMILES string of the molecule is CC1(CF)CNC[C@@H](Nc2nccc(-c3cccnc3Oc3cc(F)c(NS(=O)(=O)Cc4ccccc4)c(F)c3F)n2)C1. The molecule has 3 heterocycles. The van der Waals surface area contributed by atoms with Crippen molar-refractivity contribution >= 4 is 21.7 Å². The van der Waals surface area contributed by atoms with Crippen LogP contribution in [0.1, 0.15) is 18.9 Å². The number of aromatic nitrogens is 3. The lowest BCUT2D eigenvalue weighted by molar-refractivity contribution is 0.168. The lowest BCUT2D eigenvalue weighted by Crippen LogP contribution is -2.49. The van der Waals surface area contributed by atoms with Gasteiger partial charge in [0.15, 0.2) is 17.4 Å². The van der Waals surface area contributed by atoms with E-state index in [2.05, 4.69) is 25.6 Å². The minimum absolute atomic E-state index is 0.141. The van der Waals surface area contributed by atoms with Gasteiger partial charge in [-0.05, 0) is 30.2 Å². The number of nitrogens with zero attached hydrogens (tertiary/aromatic N) is 3. The van der Waals surface area contributed by atoms with Crippen LogP contribution in [0.15, 0.2) is 67.0 Å². The van der Waals surface area contributed by atoms with E-state index in [9.17, 15) is 21.6 Å². The first-order chi connectivity index (χ1) is 20.6. The Balaban J connectivity index is 1.37. The number of halogens is 4. The Labute approximate surface area is 245 Å². The first kappa shape index (κ1) is 30.2. The quantitative estimate of drug-likeness (QED) is 0.159. The summed E-state index contributed by atoms with van der Waals surface area (Å²) >= 11 is 0. The van der Waals surface area contributed by atoms with Crippen LogP contribution in [0.5, 0.6) is 11.6 Å². The van der Waals surface area contributed by atoms with Crippen molar-refractivity contribution in [2.24, 2.45) is 5.41 Å².